The lowest BCUT2D eigenvalue weighted by molar-refractivity contribution is -0.125. The van der Waals surface area contributed by atoms with Crippen molar-refractivity contribution in [1.82, 2.24) is 10.2 Å². The molecule has 0 aromatic heterocycles. The number of carbonyl (C=O) groups excluding carboxylic acids is 2. The molecule has 1 aliphatic heterocycles. The summed E-state index contributed by atoms with van der Waals surface area (Å²) >= 11 is 6.10. The number of nitrogens with one attached hydrogen (secondary N) is 1. The average Bonchev–Trinajstić information content (AvgIpc) is 3.28. The summed E-state index contributed by atoms with van der Waals surface area (Å²) in [6, 6.07) is 7.23. The van der Waals surface area contributed by atoms with E-state index in [1.807, 2.05) is 4.90 Å². The average molecular weight is 375 g/mol. The number of likely N-dealkylation sites (tertiary alicyclic amines) is 1. The Morgan fingerprint density at radius 2 is 1.77 bits per heavy atom. The Kier molecular flexibility index (Phi) is 5.21. The van der Waals surface area contributed by atoms with Crippen LogP contribution in [0.25, 0.3) is 0 Å². The lowest BCUT2D eigenvalue weighted by atomic mass is 9.84. The van der Waals surface area contributed by atoms with Crippen molar-refractivity contribution in [2.75, 3.05) is 0 Å². The lowest BCUT2D eigenvalue weighted by Gasteiger charge is -2.34. The van der Waals surface area contributed by atoms with Crippen molar-refractivity contribution in [1.29, 1.82) is 0 Å². The fourth-order valence-corrected chi connectivity index (χ4v) is 5.31. The second-order valence-electron chi connectivity index (χ2n) is 8.08. The molecule has 0 bridgehead atoms. The van der Waals surface area contributed by atoms with Gasteiger partial charge in [0.2, 0.25) is 5.91 Å². The number of amides is 2. The summed E-state index contributed by atoms with van der Waals surface area (Å²) in [6.07, 6.45) is 9.77. The smallest absolute Gasteiger partial charge is 0.254 e. The highest BCUT2D eigenvalue weighted by Crippen LogP contribution is 2.40. The van der Waals surface area contributed by atoms with Crippen LogP contribution in [0.15, 0.2) is 24.3 Å². The molecule has 140 valence electrons. The minimum Gasteiger partial charge on any atom is -0.352 e. The molecule has 1 N–H and O–H groups in total. The second kappa shape index (κ2) is 7.59. The number of fused-ring (bicyclic) bond motifs is 1. The van der Waals surface area contributed by atoms with E-state index in [9.17, 15) is 9.59 Å². The third-order valence-electron chi connectivity index (χ3n) is 6.40. The maximum absolute atomic E-state index is 13.3. The largest absolute Gasteiger partial charge is 0.352 e. The lowest BCUT2D eigenvalue weighted by Crippen LogP contribution is -2.51. The SMILES string of the molecule is O=C(NC1CCCC1)[C@@H]1C[C@H]2CCCC[C@H]2N1C(=O)c1cccc(Cl)c1. The molecule has 0 radical (unpaired) electrons. The van der Waals surface area contributed by atoms with Gasteiger partial charge in [0.25, 0.3) is 5.91 Å². The Balaban J connectivity index is 1.58. The predicted molar refractivity (Wildman–Crippen MR) is 102 cm³/mol. The van der Waals surface area contributed by atoms with E-state index in [1.165, 1.54) is 19.3 Å². The molecule has 1 aromatic carbocycles. The van der Waals surface area contributed by atoms with Crippen LogP contribution in [-0.2, 0) is 4.79 Å². The van der Waals surface area contributed by atoms with Crippen molar-refractivity contribution in [3.8, 4) is 0 Å². The molecule has 1 aromatic rings. The van der Waals surface area contributed by atoms with Gasteiger partial charge in [0, 0.05) is 22.7 Å². The molecular formula is C21H27ClN2O2. The van der Waals surface area contributed by atoms with Gasteiger partial charge in [0.05, 0.1) is 0 Å². The molecule has 26 heavy (non-hydrogen) atoms. The molecule has 2 saturated carbocycles. The Morgan fingerprint density at radius 1 is 1.04 bits per heavy atom. The zero-order chi connectivity index (χ0) is 18.1. The van der Waals surface area contributed by atoms with Crippen LogP contribution in [0.1, 0.15) is 68.1 Å². The highest BCUT2D eigenvalue weighted by Gasteiger charge is 2.47. The molecule has 0 spiro atoms. The molecule has 2 amide bonds. The summed E-state index contributed by atoms with van der Waals surface area (Å²) in [7, 11) is 0. The minimum atomic E-state index is -0.338. The third-order valence-corrected chi connectivity index (χ3v) is 6.63. The number of benzene rings is 1. The van der Waals surface area contributed by atoms with Gasteiger partial charge in [0.15, 0.2) is 0 Å². The van der Waals surface area contributed by atoms with Crippen LogP contribution in [0.3, 0.4) is 0 Å². The first-order chi connectivity index (χ1) is 12.6. The molecule has 3 aliphatic rings. The molecule has 4 rings (SSSR count). The first kappa shape index (κ1) is 17.8. The summed E-state index contributed by atoms with van der Waals surface area (Å²) in [4.78, 5) is 28.2. The predicted octanol–water partition coefficient (Wildman–Crippen LogP) is 4.17. The molecule has 3 fully saturated rings. The van der Waals surface area contributed by atoms with E-state index in [-0.39, 0.29) is 29.9 Å². The van der Waals surface area contributed by atoms with Crippen molar-refractivity contribution in [2.24, 2.45) is 5.92 Å². The van der Waals surface area contributed by atoms with E-state index in [0.717, 1.165) is 38.5 Å². The molecule has 5 heteroatoms. The second-order valence-corrected chi connectivity index (χ2v) is 8.51. The monoisotopic (exact) mass is 374 g/mol. The molecule has 0 unspecified atom stereocenters. The van der Waals surface area contributed by atoms with Gasteiger partial charge in [-0.25, -0.2) is 0 Å². The standard InChI is InChI=1S/C21H27ClN2O2/c22-16-8-5-7-15(12-16)21(26)24-18-11-4-1-6-14(18)13-19(24)20(25)23-17-9-2-3-10-17/h5,7-8,12,14,17-19H,1-4,6,9-11,13H2,(H,23,25)/t14-,18-,19+/m1/s1. The summed E-state index contributed by atoms with van der Waals surface area (Å²) in [5.41, 5.74) is 0.586. The van der Waals surface area contributed by atoms with E-state index in [2.05, 4.69) is 5.32 Å². The summed E-state index contributed by atoms with van der Waals surface area (Å²) in [5, 5.41) is 3.78. The highest BCUT2D eigenvalue weighted by atomic mass is 35.5. The normalized spacial score (nSPS) is 28.8. The molecule has 1 heterocycles. The fraction of sp³-hybridized carbons (Fsp3) is 0.619. The molecule has 4 nitrogen and oxygen atoms in total. The number of nitrogens with zero attached hydrogens (tertiary/aromatic N) is 1. The number of carbonyl (C=O) groups is 2. The first-order valence-electron chi connectivity index (χ1n) is 10.0. The maximum atomic E-state index is 13.3. The number of hydrogen-bond donors (Lipinski definition) is 1. The van der Waals surface area contributed by atoms with E-state index in [0.29, 0.717) is 16.5 Å². The number of rotatable bonds is 3. The Bertz CT molecular complexity index is 686. The van der Waals surface area contributed by atoms with Crippen LogP contribution in [0, 0.1) is 5.92 Å². The van der Waals surface area contributed by atoms with Crippen molar-refractivity contribution in [3.63, 3.8) is 0 Å². The maximum Gasteiger partial charge on any atom is 0.254 e. The van der Waals surface area contributed by atoms with Crippen molar-refractivity contribution >= 4 is 23.4 Å². The van der Waals surface area contributed by atoms with Crippen LogP contribution in [-0.4, -0.2) is 34.8 Å². The highest BCUT2D eigenvalue weighted by molar-refractivity contribution is 6.31. The summed E-state index contributed by atoms with van der Waals surface area (Å²) in [5.74, 6) is 0.446. The third kappa shape index (κ3) is 3.48. The van der Waals surface area contributed by atoms with Crippen LogP contribution < -0.4 is 5.32 Å². The van der Waals surface area contributed by atoms with Gasteiger partial charge >= 0.3 is 0 Å². The van der Waals surface area contributed by atoms with Crippen LogP contribution in [0.5, 0.6) is 0 Å². The van der Waals surface area contributed by atoms with Gasteiger partial charge in [-0.3, -0.25) is 9.59 Å². The molecule has 1 saturated heterocycles. The van der Waals surface area contributed by atoms with Gasteiger partial charge in [-0.15, -0.1) is 0 Å². The van der Waals surface area contributed by atoms with Gasteiger partial charge in [-0.2, -0.15) is 0 Å². The van der Waals surface area contributed by atoms with Gasteiger partial charge in [-0.05, 0) is 56.2 Å². The van der Waals surface area contributed by atoms with Crippen molar-refractivity contribution in [2.45, 2.75) is 75.9 Å². The van der Waals surface area contributed by atoms with Gasteiger partial charge in [0.1, 0.15) is 6.04 Å². The zero-order valence-electron chi connectivity index (χ0n) is 15.1. The number of hydrogen-bond acceptors (Lipinski definition) is 2. The summed E-state index contributed by atoms with van der Waals surface area (Å²) < 4.78 is 0. The molecule has 3 atom stereocenters. The van der Waals surface area contributed by atoms with E-state index in [1.54, 1.807) is 24.3 Å². The van der Waals surface area contributed by atoms with Crippen LogP contribution in [0.4, 0.5) is 0 Å². The Labute approximate surface area is 160 Å². The zero-order valence-corrected chi connectivity index (χ0v) is 15.9. The van der Waals surface area contributed by atoms with E-state index in [4.69, 9.17) is 11.6 Å². The topological polar surface area (TPSA) is 49.4 Å². The Morgan fingerprint density at radius 3 is 2.54 bits per heavy atom. The minimum absolute atomic E-state index is 0.0432. The number of halogens is 1. The van der Waals surface area contributed by atoms with Gasteiger partial charge in [-0.1, -0.05) is 43.4 Å². The van der Waals surface area contributed by atoms with Crippen LogP contribution >= 0.6 is 11.6 Å². The molecule has 2 aliphatic carbocycles. The Hall–Kier alpha value is -1.55. The summed E-state index contributed by atoms with van der Waals surface area (Å²) in [6.45, 7) is 0. The van der Waals surface area contributed by atoms with Crippen molar-refractivity contribution in [3.05, 3.63) is 34.9 Å². The van der Waals surface area contributed by atoms with E-state index < -0.39 is 0 Å². The quantitative estimate of drug-likeness (QED) is 0.863. The van der Waals surface area contributed by atoms with Gasteiger partial charge < -0.3 is 10.2 Å². The van der Waals surface area contributed by atoms with Crippen LogP contribution in [0.2, 0.25) is 5.02 Å². The van der Waals surface area contributed by atoms with E-state index >= 15 is 0 Å². The first-order valence-corrected chi connectivity index (χ1v) is 10.4. The van der Waals surface area contributed by atoms with Crippen molar-refractivity contribution < 1.29 is 9.59 Å². The molecular weight excluding hydrogens is 348 g/mol. The fourth-order valence-electron chi connectivity index (χ4n) is 5.12.